The lowest BCUT2D eigenvalue weighted by atomic mass is 10.2. The van der Waals surface area contributed by atoms with Gasteiger partial charge in [0.2, 0.25) is 5.91 Å². The zero-order valence-corrected chi connectivity index (χ0v) is 13.1. The zero-order chi connectivity index (χ0) is 13.0. The normalized spacial score (nSPS) is 10.1. The fourth-order valence-electron chi connectivity index (χ4n) is 1.45. The van der Waals surface area contributed by atoms with Crippen LogP contribution in [0.25, 0.3) is 0 Å². The molecule has 92 valence electrons. The maximum atomic E-state index is 11.9. The summed E-state index contributed by atoms with van der Waals surface area (Å²) in [5.74, 6) is -0.0728. The molecule has 1 amide bonds. The molecule has 0 aliphatic rings. The fraction of sp³-hybridized carbons (Fsp3) is 0.0769. The number of carbonyl (C=O) groups is 1. The number of hydrogen-bond acceptors (Lipinski definition) is 2. The van der Waals surface area contributed by atoms with E-state index in [0.717, 1.165) is 19.4 Å². The Labute approximate surface area is 127 Å². The van der Waals surface area contributed by atoms with Gasteiger partial charge < -0.3 is 5.32 Å². The minimum absolute atomic E-state index is 0.0728. The van der Waals surface area contributed by atoms with Crippen molar-refractivity contribution >= 4 is 50.1 Å². The van der Waals surface area contributed by atoms with Gasteiger partial charge in [0.05, 0.1) is 12.1 Å². The third-order valence-electron chi connectivity index (χ3n) is 2.27. The van der Waals surface area contributed by atoms with Crippen molar-refractivity contribution in [2.45, 2.75) is 6.42 Å². The van der Waals surface area contributed by atoms with E-state index < -0.39 is 0 Å². The molecule has 0 spiro atoms. The highest BCUT2D eigenvalue weighted by molar-refractivity contribution is 14.1. The standard InChI is InChI=1S/C13H10BrIN2O/c14-11-5-4-9(15)7-12(11)17-13(18)8-10-3-1-2-6-16-10/h1-7H,8H2,(H,17,18). The van der Waals surface area contributed by atoms with E-state index in [1.54, 1.807) is 6.20 Å². The van der Waals surface area contributed by atoms with Gasteiger partial charge in [0.15, 0.2) is 0 Å². The highest BCUT2D eigenvalue weighted by atomic mass is 127. The number of aromatic nitrogens is 1. The molecule has 18 heavy (non-hydrogen) atoms. The van der Waals surface area contributed by atoms with Crippen molar-refractivity contribution in [2.24, 2.45) is 0 Å². The molecular weight excluding hydrogens is 407 g/mol. The highest BCUT2D eigenvalue weighted by Gasteiger charge is 2.07. The van der Waals surface area contributed by atoms with Gasteiger partial charge in [0, 0.05) is 19.9 Å². The Morgan fingerprint density at radius 3 is 2.89 bits per heavy atom. The number of hydrogen-bond donors (Lipinski definition) is 1. The maximum absolute atomic E-state index is 11.9. The first-order valence-corrected chi connectivity index (χ1v) is 7.17. The first kappa shape index (κ1) is 13.5. The third-order valence-corrected chi connectivity index (χ3v) is 3.63. The van der Waals surface area contributed by atoms with Crippen molar-refractivity contribution in [3.05, 3.63) is 56.3 Å². The molecule has 2 rings (SSSR count). The molecule has 1 heterocycles. The van der Waals surface area contributed by atoms with E-state index >= 15 is 0 Å². The van der Waals surface area contributed by atoms with Crippen molar-refractivity contribution in [1.29, 1.82) is 0 Å². The van der Waals surface area contributed by atoms with Crippen molar-refractivity contribution in [1.82, 2.24) is 4.98 Å². The smallest absolute Gasteiger partial charge is 0.230 e. The van der Waals surface area contributed by atoms with Gasteiger partial charge in [-0.25, -0.2) is 0 Å². The second kappa shape index (κ2) is 6.29. The monoisotopic (exact) mass is 416 g/mol. The molecule has 1 aromatic carbocycles. The van der Waals surface area contributed by atoms with Gasteiger partial charge in [-0.1, -0.05) is 6.07 Å². The Kier molecular flexibility index (Phi) is 4.71. The van der Waals surface area contributed by atoms with Crippen LogP contribution in [0, 0.1) is 3.57 Å². The Balaban J connectivity index is 2.05. The molecule has 0 aliphatic heterocycles. The summed E-state index contributed by atoms with van der Waals surface area (Å²) in [5.41, 5.74) is 1.54. The lowest BCUT2D eigenvalue weighted by Crippen LogP contribution is -2.15. The summed E-state index contributed by atoms with van der Waals surface area (Å²) in [6, 6.07) is 11.3. The molecular formula is C13H10BrIN2O. The van der Waals surface area contributed by atoms with Gasteiger partial charge in [-0.2, -0.15) is 0 Å². The Bertz CT molecular complexity index is 560. The van der Waals surface area contributed by atoms with Gasteiger partial charge in [-0.05, 0) is 68.9 Å². The summed E-state index contributed by atoms with van der Waals surface area (Å²) in [7, 11) is 0. The third kappa shape index (κ3) is 3.78. The minimum Gasteiger partial charge on any atom is -0.325 e. The van der Waals surface area contributed by atoms with E-state index in [1.807, 2.05) is 36.4 Å². The lowest BCUT2D eigenvalue weighted by Gasteiger charge is -2.07. The van der Waals surface area contributed by atoms with Gasteiger partial charge in [-0.3, -0.25) is 9.78 Å². The van der Waals surface area contributed by atoms with Crippen molar-refractivity contribution < 1.29 is 4.79 Å². The van der Waals surface area contributed by atoms with E-state index in [-0.39, 0.29) is 12.3 Å². The summed E-state index contributed by atoms with van der Waals surface area (Å²) >= 11 is 5.62. The van der Waals surface area contributed by atoms with Crippen LogP contribution in [0.3, 0.4) is 0 Å². The molecule has 5 heteroatoms. The van der Waals surface area contributed by atoms with Crippen LogP contribution in [0.4, 0.5) is 5.69 Å². The van der Waals surface area contributed by atoms with Crippen LogP contribution in [0.1, 0.15) is 5.69 Å². The molecule has 0 fully saturated rings. The molecule has 1 aromatic heterocycles. The SMILES string of the molecule is O=C(Cc1ccccn1)Nc1cc(I)ccc1Br. The molecule has 0 saturated carbocycles. The second-order valence-corrected chi connectivity index (χ2v) is 5.77. The maximum Gasteiger partial charge on any atom is 0.230 e. The topological polar surface area (TPSA) is 42.0 Å². The molecule has 0 atom stereocenters. The van der Waals surface area contributed by atoms with Crippen LogP contribution in [-0.4, -0.2) is 10.9 Å². The quantitative estimate of drug-likeness (QED) is 0.776. The molecule has 2 aromatic rings. The molecule has 0 saturated heterocycles. The number of halogens is 2. The Morgan fingerprint density at radius 1 is 1.33 bits per heavy atom. The number of carbonyl (C=O) groups excluding carboxylic acids is 1. The number of nitrogens with zero attached hydrogens (tertiary/aromatic N) is 1. The number of amides is 1. The highest BCUT2D eigenvalue weighted by Crippen LogP contribution is 2.24. The average molecular weight is 417 g/mol. The molecule has 0 unspecified atom stereocenters. The summed E-state index contributed by atoms with van der Waals surface area (Å²) in [5, 5.41) is 2.87. The number of nitrogens with one attached hydrogen (secondary N) is 1. The van der Waals surface area contributed by atoms with Crippen LogP contribution < -0.4 is 5.32 Å². The van der Waals surface area contributed by atoms with Crippen LogP contribution in [0.5, 0.6) is 0 Å². The van der Waals surface area contributed by atoms with E-state index in [1.165, 1.54) is 0 Å². The van der Waals surface area contributed by atoms with E-state index in [0.29, 0.717) is 0 Å². The first-order valence-electron chi connectivity index (χ1n) is 5.30. The lowest BCUT2D eigenvalue weighted by molar-refractivity contribution is -0.115. The van der Waals surface area contributed by atoms with Gasteiger partial charge in [0.25, 0.3) is 0 Å². The largest absolute Gasteiger partial charge is 0.325 e. The summed E-state index contributed by atoms with van der Waals surface area (Å²) in [6.45, 7) is 0. The van der Waals surface area contributed by atoms with Crippen LogP contribution in [0.2, 0.25) is 0 Å². The fourth-order valence-corrected chi connectivity index (χ4v) is 2.29. The number of anilines is 1. The predicted molar refractivity (Wildman–Crippen MR) is 83.4 cm³/mol. The Hall–Kier alpha value is -0.950. The molecule has 1 N–H and O–H groups in total. The number of pyridine rings is 1. The van der Waals surface area contributed by atoms with Gasteiger partial charge in [0.1, 0.15) is 0 Å². The number of rotatable bonds is 3. The van der Waals surface area contributed by atoms with Gasteiger partial charge in [-0.15, -0.1) is 0 Å². The van der Waals surface area contributed by atoms with Crippen molar-refractivity contribution in [3.8, 4) is 0 Å². The summed E-state index contributed by atoms with van der Waals surface area (Å²) in [6.07, 6.45) is 1.96. The van der Waals surface area contributed by atoms with Crippen molar-refractivity contribution in [2.75, 3.05) is 5.32 Å². The van der Waals surface area contributed by atoms with Gasteiger partial charge >= 0.3 is 0 Å². The zero-order valence-electron chi connectivity index (χ0n) is 9.36. The van der Waals surface area contributed by atoms with Crippen LogP contribution in [-0.2, 0) is 11.2 Å². The first-order chi connectivity index (χ1) is 8.65. The van der Waals surface area contributed by atoms with Crippen LogP contribution in [0.15, 0.2) is 47.1 Å². The number of benzene rings is 1. The predicted octanol–water partition coefficient (Wildman–Crippen LogP) is 3.63. The summed E-state index contributed by atoms with van der Waals surface area (Å²) in [4.78, 5) is 16.0. The molecule has 0 aliphatic carbocycles. The van der Waals surface area contributed by atoms with Crippen molar-refractivity contribution in [3.63, 3.8) is 0 Å². The molecule has 3 nitrogen and oxygen atoms in total. The van der Waals surface area contributed by atoms with Crippen LogP contribution >= 0.6 is 38.5 Å². The molecule has 0 radical (unpaired) electrons. The van der Waals surface area contributed by atoms with E-state index in [9.17, 15) is 4.79 Å². The van der Waals surface area contributed by atoms with E-state index in [4.69, 9.17) is 0 Å². The average Bonchev–Trinajstić information content (AvgIpc) is 2.35. The minimum atomic E-state index is -0.0728. The molecule has 0 bridgehead atoms. The summed E-state index contributed by atoms with van der Waals surface area (Å²) < 4.78 is 1.95. The Morgan fingerprint density at radius 2 is 2.17 bits per heavy atom. The van der Waals surface area contributed by atoms with E-state index in [2.05, 4.69) is 48.8 Å². The second-order valence-electron chi connectivity index (χ2n) is 3.67.